The first kappa shape index (κ1) is 38.7. The quantitative estimate of drug-likeness (QED) is 0.0637. The van der Waals surface area contributed by atoms with Gasteiger partial charge in [-0.05, 0) is 115 Å². The monoisotopic (exact) mass is 815 g/mol. The lowest BCUT2D eigenvalue weighted by Crippen LogP contribution is -2.09. The molecule has 9 rings (SSSR count). The molecule has 1 aromatic heterocycles. The van der Waals surface area contributed by atoms with Crippen LogP contribution in [0.1, 0.15) is 17.3 Å². The Labute approximate surface area is 359 Å². The van der Waals surface area contributed by atoms with E-state index < -0.39 is 5.97 Å². The van der Waals surface area contributed by atoms with Crippen molar-refractivity contribution in [1.82, 2.24) is 15.0 Å². The van der Waals surface area contributed by atoms with Crippen LogP contribution in [0.4, 0.5) is 45.5 Å². The number of carbonyl (C=O) groups excluding carboxylic acids is 1. The maximum atomic E-state index is 12.5. The molecule has 0 atom stereocenters. The molecule has 0 spiro atoms. The van der Waals surface area contributed by atoms with Crippen molar-refractivity contribution in [3.05, 3.63) is 200 Å². The Balaban J connectivity index is 1.19. The Morgan fingerprint density at radius 3 is 1.33 bits per heavy atom. The normalized spacial score (nSPS) is 11.0. The average Bonchev–Trinajstić information content (AvgIpc) is 3.76. The molecular formula is C51H41N7O2S. The maximum absolute atomic E-state index is 12.5. The molecule has 0 aliphatic carbocycles. The SMILES string of the molecule is CCOC(=O)c1ccc(-n2nc3c(-c4ccc(N(c5ccccc5)c5ccccc5)cc4)c(N)c(NS)c(-c4ccc(N(c5ccccc5)c5ccccc5)cc4)c3n2)cc1. The number of fused-ring (bicyclic) bond motifs is 1. The number of hydrogen-bond acceptors (Lipinski definition) is 9. The van der Waals surface area contributed by atoms with Crippen LogP contribution < -0.4 is 20.3 Å². The van der Waals surface area contributed by atoms with Crippen molar-refractivity contribution in [3.8, 4) is 27.9 Å². The third kappa shape index (κ3) is 7.64. The molecule has 298 valence electrons. The van der Waals surface area contributed by atoms with Crippen LogP contribution in [-0.4, -0.2) is 27.6 Å². The minimum absolute atomic E-state index is 0.288. The highest BCUT2D eigenvalue weighted by Gasteiger charge is 2.25. The average molecular weight is 816 g/mol. The van der Waals surface area contributed by atoms with Crippen molar-refractivity contribution in [2.75, 3.05) is 26.9 Å². The van der Waals surface area contributed by atoms with Gasteiger partial charge in [0.25, 0.3) is 0 Å². The fourth-order valence-corrected chi connectivity index (χ4v) is 7.89. The van der Waals surface area contributed by atoms with E-state index in [0.717, 1.165) is 50.8 Å². The molecule has 0 radical (unpaired) electrons. The summed E-state index contributed by atoms with van der Waals surface area (Å²) < 4.78 is 8.35. The molecule has 0 saturated carbocycles. The van der Waals surface area contributed by atoms with Crippen LogP contribution >= 0.6 is 12.8 Å². The second kappa shape index (κ2) is 17.2. The Bertz CT molecular complexity index is 2830. The summed E-state index contributed by atoms with van der Waals surface area (Å²) in [4.78, 5) is 18.5. The highest BCUT2D eigenvalue weighted by molar-refractivity contribution is 7.81. The number of ether oxygens (including phenoxy) is 1. The maximum Gasteiger partial charge on any atom is 0.338 e. The summed E-state index contributed by atoms with van der Waals surface area (Å²) in [6.45, 7) is 2.07. The Kier molecular flexibility index (Phi) is 10.9. The standard InChI is InChI=1S/C51H41N7O2S/c1-2-60-51(59)37-27-33-44(34-28-37)58-53-49-45(35-23-29-42(30-24-35)56(38-15-7-3-8-16-38)39-17-9-4-10-18-39)47(52)48(55-61)46(50(49)54-58)36-25-31-43(32-26-36)57(40-19-11-5-12-20-40)41-21-13-6-14-22-41/h3-34,55,61H,2,52H2,1H3. The van der Waals surface area contributed by atoms with E-state index in [1.54, 1.807) is 36.0 Å². The number of thiol groups is 1. The Morgan fingerprint density at radius 2 is 0.934 bits per heavy atom. The van der Waals surface area contributed by atoms with E-state index in [4.69, 9.17) is 20.7 Å². The number of nitrogens with zero attached hydrogens (tertiary/aromatic N) is 5. The van der Waals surface area contributed by atoms with Gasteiger partial charge in [-0.25, -0.2) is 4.79 Å². The van der Waals surface area contributed by atoms with Gasteiger partial charge >= 0.3 is 5.97 Å². The fraction of sp³-hybridized carbons (Fsp3) is 0.0392. The molecule has 0 saturated heterocycles. The fourth-order valence-electron chi connectivity index (χ4n) is 7.66. The van der Waals surface area contributed by atoms with Crippen LogP contribution in [0, 0.1) is 0 Å². The first-order valence-corrected chi connectivity index (χ1v) is 20.4. The van der Waals surface area contributed by atoms with Gasteiger partial charge in [0.2, 0.25) is 0 Å². The zero-order chi connectivity index (χ0) is 41.7. The van der Waals surface area contributed by atoms with E-state index in [1.807, 2.05) is 72.8 Å². The molecule has 1 heterocycles. The van der Waals surface area contributed by atoms with Gasteiger partial charge in [-0.1, -0.05) is 110 Å². The summed E-state index contributed by atoms with van der Waals surface area (Å²) in [5.41, 5.74) is 19.9. The molecule has 61 heavy (non-hydrogen) atoms. The van der Waals surface area contributed by atoms with E-state index in [0.29, 0.717) is 39.2 Å². The van der Waals surface area contributed by atoms with E-state index >= 15 is 0 Å². The number of anilines is 8. The van der Waals surface area contributed by atoms with Crippen molar-refractivity contribution >= 4 is 75.3 Å². The molecule has 0 aliphatic heterocycles. The molecule has 0 fully saturated rings. The van der Waals surface area contributed by atoms with Gasteiger partial charge in [0.15, 0.2) is 0 Å². The lowest BCUT2D eigenvalue weighted by Gasteiger charge is -2.26. The lowest BCUT2D eigenvalue weighted by atomic mass is 9.93. The largest absolute Gasteiger partial charge is 0.462 e. The molecular weight excluding hydrogens is 775 g/mol. The Morgan fingerprint density at radius 1 is 0.557 bits per heavy atom. The molecule has 0 bridgehead atoms. The van der Waals surface area contributed by atoms with Gasteiger partial charge in [-0.3, -0.25) is 0 Å². The van der Waals surface area contributed by atoms with Crippen LogP contribution in [0.15, 0.2) is 194 Å². The summed E-state index contributed by atoms with van der Waals surface area (Å²) in [5, 5.41) is 10.2. The number of carbonyl (C=O) groups is 1. The number of nitrogens with one attached hydrogen (secondary N) is 1. The second-order valence-electron chi connectivity index (χ2n) is 14.2. The topological polar surface area (TPSA) is 102 Å². The zero-order valence-electron chi connectivity index (χ0n) is 33.3. The number of hydrogen-bond donors (Lipinski definition) is 3. The first-order chi connectivity index (χ1) is 30.0. The summed E-state index contributed by atoms with van der Waals surface area (Å²) in [5.74, 6) is -0.391. The molecule has 10 heteroatoms. The minimum atomic E-state index is -0.391. The molecule has 3 N–H and O–H groups in total. The number of benzene rings is 8. The lowest BCUT2D eigenvalue weighted by molar-refractivity contribution is 0.0526. The van der Waals surface area contributed by atoms with Gasteiger partial charge in [0.05, 0.1) is 29.2 Å². The van der Waals surface area contributed by atoms with E-state index in [1.165, 1.54) is 0 Å². The molecule has 0 amide bonds. The molecule has 9 aromatic rings. The van der Waals surface area contributed by atoms with Gasteiger partial charge < -0.3 is 25.0 Å². The number of rotatable bonds is 12. The summed E-state index contributed by atoms with van der Waals surface area (Å²) >= 11 is 4.64. The second-order valence-corrected chi connectivity index (χ2v) is 14.4. The number of esters is 1. The predicted octanol–water partition coefficient (Wildman–Crippen LogP) is 12.7. The van der Waals surface area contributed by atoms with Crippen molar-refractivity contribution < 1.29 is 9.53 Å². The molecule has 9 nitrogen and oxygen atoms in total. The highest BCUT2D eigenvalue weighted by atomic mass is 32.1. The van der Waals surface area contributed by atoms with Crippen molar-refractivity contribution in [1.29, 1.82) is 0 Å². The van der Waals surface area contributed by atoms with Gasteiger partial charge in [-0.2, -0.15) is 4.80 Å². The molecule has 0 aliphatic rings. The minimum Gasteiger partial charge on any atom is -0.462 e. The van der Waals surface area contributed by atoms with Crippen molar-refractivity contribution in [2.45, 2.75) is 6.92 Å². The predicted molar refractivity (Wildman–Crippen MR) is 252 cm³/mol. The number of aromatic nitrogens is 3. The molecule has 0 unspecified atom stereocenters. The van der Waals surface area contributed by atoms with Crippen molar-refractivity contribution in [3.63, 3.8) is 0 Å². The highest BCUT2D eigenvalue weighted by Crippen LogP contribution is 2.47. The van der Waals surface area contributed by atoms with Gasteiger partial charge in [0.1, 0.15) is 11.0 Å². The summed E-state index contributed by atoms with van der Waals surface area (Å²) in [6.07, 6.45) is 0. The summed E-state index contributed by atoms with van der Waals surface area (Å²) in [6, 6.07) is 64.8. The Hall–Kier alpha value is -7.82. The third-order valence-electron chi connectivity index (χ3n) is 10.5. The van der Waals surface area contributed by atoms with Crippen LogP contribution in [0.2, 0.25) is 0 Å². The van der Waals surface area contributed by atoms with Crippen LogP contribution in [0.3, 0.4) is 0 Å². The number of nitrogen functional groups attached to an aromatic ring is 1. The van der Waals surface area contributed by atoms with Crippen LogP contribution in [-0.2, 0) is 4.74 Å². The number of para-hydroxylation sites is 4. The zero-order valence-corrected chi connectivity index (χ0v) is 34.2. The van der Waals surface area contributed by atoms with E-state index in [9.17, 15) is 4.79 Å². The van der Waals surface area contributed by atoms with Gasteiger partial charge in [-0.15, -0.1) is 10.2 Å². The number of nitrogens with two attached hydrogens (primary N) is 1. The van der Waals surface area contributed by atoms with Crippen LogP contribution in [0.25, 0.3) is 39.0 Å². The van der Waals surface area contributed by atoms with Crippen molar-refractivity contribution in [2.24, 2.45) is 0 Å². The van der Waals surface area contributed by atoms with Gasteiger partial charge in [0, 0.05) is 45.3 Å². The summed E-state index contributed by atoms with van der Waals surface area (Å²) in [7, 11) is 0. The third-order valence-corrected chi connectivity index (χ3v) is 10.7. The van der Waals surface area contributed by atoms with E-state index in [-0.39, 0.29) is 6.61 Å². The van der Waals surface area contributed by atoms with Crippen LogP contribution in [0.5, 0.6) is 0 Å². The smallest absolute Gasteiger partial charge is 0.338 e. The first-order valence-electron chi connectivity index (χ1n) is 19.9. The van der Waals surface area contributed by atoms with E-state index in [2.05, 4.69) is 124 Å². The molecule has 8 aromatic carbocycles.